The number of likely N-dealkylation sites (tertiary alicyclic amines) is 1. The van der Waals surface area contributed by atoms with Gasteiger partial charge in [0, 0.05) is 31.6 Å². The van der Waals surface area contributed by atoms with Gasteiger partial charge in [0.1, 0.15) is 0 Å². The van der Waals surface area contributed by atoms with Crippen LogP contribution in [0.2, 0.25) is 0 Å². The normalized spacial score (nSPS) is 20.6. The van der Waals surface area contributed by atoms with Crippen molar-refractivity contribution in [3.05, 3.63) is 47.5 Å². The molecule has 9 nitrogen and oxygen atoms in total. The van der Waals surface area contributed by atoms with Crippen molar-refractivity contribution in [3.8, 4) is 23.0 Å². The van der Waals surface area contributed by atoms with Gasteiger partial charge in [-0.1, -0.05) is 44.9 Å². The van der Waals surface area contributed by atoms with Gasteiger partial charge in [0.25, 0.3) is 0 Å². The fraction of sp³-hybridized carbons (Fsp3) is 0.548. The Labute approximate surface area is 237 Å². The van der Waals surface area contributed by atoms with Gasteiger partial charge in [0.2, 0.25) is 20.0 Å². The van der Waals surface area contributed by atoms with E-state index in [4.69, 9.17) is 18.9 Å². The van der Waals surface area contributed by atoms with Gasteiger partial charge >= 0.3 is 5.97 Å². The van der Waals surface area contributed by atoms with Gasteiger partial charge in [0.05, 0.1) is 5.92 Å². The molecule has 5 rings (SSSR count). The van der Waals surface area contributed by atoms with E-state index in [0.29, 0.717) is 18.0 Å². The third kappa shape index (κ3) is 6.99. The van der Waals surface area contributed by atoms with E-state index in [2.05, 4.69) is 18.7 Å². The van der Waals surface area contributed by atoms with E-state index in [1.54, 1.807) is 0 Å². The highest BCUT2D eigenvalue weighted by molar-refractivity contribution is 5.73. The van der Waals surface area contributed by atoms with Gasteiger partial charge in [-0.15, -0.1) is 0 Å². The third-order valence-electron chi connectivity index (χ3n) is 7.94. The Bertz CT molecular complexity index is 1130. The minimum absolute atomic E-state index is 0.0684. The van der Waals surface area contributed by atoms with E-state index < -0.39 is 11.9 Å². The second kappa shape index (κ2) is 14.3. The number of rotatable bonds is 12. The van der Waals surface area contributed by atoms with E-state index in [1.807, 2.05) is 48.3 Å². The Kier molecular flexibility index (Phi) is 10.5. The highest BCUT2D eigenvalue weighted by atomic mass is 16.7. The molecule has 1 fully saturated rings. The second-order valence-corrected chi connectivity index (χ2v) is 10.6. The van der Waals surface area contributed by atoms with Crippen molar-refractivity contribution in [1.82, 2.24) is 9.80 Å². The molecular formula is C31H42N2O7. The van der Waals surface area contributed by atoms with Crippen LogP contribution in [0.5, 0.6) is 23.0 Å². The topological polar surface area (TPSA) is 97.8 Å². The highest BCUT2D eigenvalue weighted by Gasteiger charge is 2.45. The molecule has 3 unspecified atom stereocenters. The van der Waals surface area contributed by atoms with Crippen LogP contribution in [0.15, 0.2) is 36.4 Å². The predicted molar refractivity (Wildman–Crippen MR) is 151 cm³/mol. The Morgan fingerprint density at radius 3 is 2.40 bits per heavy atom. The number of aliphatic carboxylic acids is 1. The lowest BCUT2D eigenvalue weighted by Gasteiger charge is -2.24. The summed E-state index contributed by atoms with van der Waals surface area (Å²) in [4.78, 5) is 26.7. The Balaban J connectivity index is 0.000000288. The fourth-order valence-corrected chi connectivity index (χ4v) is 5.73. The number of fused-ring (bicyclic) bond motifs is 2. The van der Waals surface area contributed by atoms with Crippen LogP contribution in [0.25, 0.3) is 0 Å². The average Bonchev–Trinajstić information content (AvgIpc) is 3.70. The van der Waals surface area contributed by atoms with Gasteiger partial charge in [-0.2, -0.15) is 0 Å². The molecule has 1 saturated heterocycles. The van der Waals surface area contributed by atoms with E-state index in [1.165, 1.54) is 0 Å². The molecule has 3 aliphatic heterocycles. The zero-order chi connectivity index (χ0) is 28.5. The van der Waals surface area contributed by atoms with Crippen LogP contribution in [0.3, 0.4) is 0 Å². The molecule has 3 atom stereocenters. The summed E-state index contributed by atoms with van der Waals surface area (Å²) < 4.78 is 21.9. The van der Waals surface area contributed by atoms with Gasteiger partial charge in [-0.05, 0) is 62.1 Å². The van der Waals surface area contributed by atoms with Crippen molar-refractivity contribution in [3.63, 3.8) is 0 Å². The van der Waals surface area contributed by atoms with Crippen molar-refractivity contribution < 1.29 is 33.6 Å². The summed E-state index contributed by atoms with van der Waals surface area (Å²) in [5.74, 6) is 1.59. The van der Waals surface area contributed by atoms with E-state index in [-0.39, 0.29) is 25.5 Å². The first-order valence-electron chi connectivity index (χ1n) is 14.4. The number of hydrogen-bond acceptors (Lipinski definition) is 7. The largest absolute Gasteiger partial charge is 0.481 e. The maximum Gasteiger partial charge on any atom is 0.308 e. The van der Waals surface area contributed by atoms with Crippen molar-refractivity contribution in [1.29, 1.82) is 0 Å². The smallest absolute Gasteiger partial charge is 0.308 e. The van der Waals surface area contributed by atoms with Gasteiger partial charge in [-0.3, -0.25) is 9.59 Å². The summed E-state index contributed by atoms with van der Waals surface area (Å²) in [7, 11) is 2.00. The van der Waals surface area contributed by atoms with Gasteiger partial charge in [-0.25, -0.2) is 0 Å². The number of carboxylic acid groups (broad SMARTS) is 1. The minimum Gasteiger partial charge on any atom is -0.481 e. The van der Waals surface area contributed by atoms with Crippen LogP contribution in [-0.2, 0) is 16.0 Å². The molecule has 9 heteroatoms. The molecule has 0 radical (unpaired) electrons. The number of benzene rings is 2. The number of likely N-dealkylation sites (N-methyl/N-ethyl adjacent to an activating group) is 1. The number of aryl methyl sites for hydroxylation is 1. The van der Waals surface area contributed by atoms with Crippen LogP contribution in [-0.4, -0.2) is 73.6 Å². The maximum atomic E-state index is 12.2. The molecule has 3 aliphatic rings. The van der Waals surface area contributed by atoms with Crippen molar-refractivity contribution >= 4 is 12.4 Å². The maximum absolute atomic E-state index is 12.2. The van der Waals surface area contributed by atoms with Crippen molar-refractivity contribution in [2.45, 2.75) is 64.3 Å². The lowest BCUT2D eigenvalue weighted by Crippen LogP contribution is -2.34. The number of carbonyl (C=O) groups excluding carboxylic acids is 1. The second-order valence-electron chi connectivity index (χ2n) is 10.6. The summed E-state index contributed by atoms with van der Waals surface area (Å²) >= 11 is 0. The standard InChI is InChI=1S/C22H23NO6.C9H19NO/c1-23-10-15(14-6-8-17-19(9-14)28-11-26-17)20(22(24)25)16(23)7-5-13-3-2-4-18-21(13)29-12-27-18;1-3-5-7-10(9-11)8-6-4-2/h2-4,6,8-9,15-16,20H,5,7,10-12H2,1H3,(H,24,25);9H,3-8H2,1-2H3. The number of para-hydroxylation sites is 1. The minimum atomic E-state index is -0.764. The lowest BCUT2D eigenvalue weighted by atomic mass is 9.83. The Morgan fingerprint density at radius 2 is 1.70 bits per heavy atom. The van der Waals surface area contributed by atoms with Crippen LogP contribution < -0.4 is 18.9 Å². The summed E-state index contributed by atoms with van der Waals surface area (Å²) in [6.07, 6.45) is 7.01. The molecule has 1 amide bonds. The summed E-state index contributed by atoms with van der Waals surface area (Å²) in [6.45, 7) is 7.28. The first-order chi connectivity index (χ1) is 19.5. The molecule has 1 N–H and O–H groups in total. The summed E-state index contributed by atoms with van der Waals surface area (Å²) in [5.41, 5.74) is 2.04. The summed E-state index contributed by atoms with van der Waals surface area (Å²) in [5, 5.41) is 10.1. The predicted octanol–water partition coefficient (Wildman–Crippen LogP) is 4.92. The number of carboxylic acids is 1. The zero-order valence-corrected chi connectivity index (χ0v) is 23.8. The van der Waals surface area contributed by atoms with Crippen molar-refractivity contribution in [2.24, 2.45) is 5.92 Å². The average molecular weight is 555 g/mol. The third-order valence-corrected chi connectivity index (χ3v) is 7.94. The molecule has 40 heavy (non-hydrogen) atoms. The molecule has 3 heterocycles. The molecule has 2 aromatic carbocycles. The van der Waals surface area contributed by atoms with E-state index in [0.717, 1.165) is 80.7 Å². The highest BCUT2D eigenvalue weighted by Crippen LogP contribution is 2.43. The molecule has 0 aromatic heterocycles. The number of ether oxygens (including phenoxy) is 4. The molecular weight excluding hydrogens is 512 g/mol. The molecule has 0 bridgehead atoms. The fourth-order valence-electron chi connectivity index (χ4n) is 5.73. The van der Waals surface area contributed by atoms with Crippen LogP contribution in [0.4, 0.5) is 0 Å². The van der Waals surface area contributed by atoms with Gasteiger partial charge < -0.3 is 33.9 Å². The molecule has 0 aliphatic carbocycles. The van der Waals surface area contributed by atoms with Crippen molar-refractivity contribution in [2.75, 3.05) is 40.3 Å². The molecule has 0 saturated carbocycles. The Hall–Kier alpha value is -3.46. The van der Waals surface area contributed by atoms with Gasteiger partial charge in [0.15, 0.2) is 23.0 Å². The van der Waals surface area contributed by atoms with E-state index in [9.17, 15) is 14.7 Å². The summed E-state index contributed by atoms with van der Waals surface area (Å²) in [6, 6.07) is 11.5. The monoisotopic (exact) mass is 554 g/mol. The number of hydrogen-bond donors (Lipinski definition) is 1. The zero-order valence-electron chi connectivity index (χ0n) is 23.8. The number of nitrogens with zero attached hydrogens (tertiary/aromatic N) is 2. The van der Waals surface area contributed by atoms with E-state index >= 15 is 0 Å². The number of unbranched alkanes of at least 4 members (excludes halogenated alkanes) is 2. The molecule has 2 aromatic rings. The quantitative estimate of drug-likeness (QED) is 0.369. The number of carbonyl (C=O) groups is 2. The molecule has 0 spiro atoms. The molecule has 218 valence electrons. The van der Waals surface area contributed by atoms with Crippen LogP contribution in [0, 0.1) is 5.92 Å². The van der Waals surface area contributed by atoms with Crippen LogP contribution >= 0.6 is 0 Å². The van der Waals surface area contributed by atoms with Crippen LogP contribution in [0.1, 0.15) is 63.0 Å². The Morgan fingerprint density at radius 1 is 1.00 bits per heavy atom. The number of amides is 1. The first-order valence-corrected chi connectivity index (χ1v) is 14.4. The first kappa shape index (κ1) is 29.5. The lowest BCUT2D eigenvalue weighted by molar-refractivity contribution is -0.143. The SMILES string of the molecule is CCCCN(C=O)CCCC.CN1CC(c2ccc3c(c2)OCO3)C(C(=O)O)C1CCc1cccc2c1OCO2.